The van der Waals surface area contributed by atoms with Gasteiger partial charge in [-0.25, -0.2) is 4.98 Å². The van der Waals surface area contributed by atoms with E-state index in [0.29, 0.717) is 0 Å². The molecule has 0 fully saturated rings. The Kier molecular flexibility index (Phi) is 4.19. The SMILES string of the molecule is CNCc1ccnc(N2CSc3cc(-c4ccncc4)ccc32)c1. The second-order valence-corrected chi connectivity index (χ2v) is 6.66. The van der Waals surface area contributed by atoms with Gasteiger partial charge in [-0.3, -0.25) is 4.98 Å². The lowest BCUT2D eigenvalue weighted by atomic mass is 10.1. The molecule has 4 rings (SSSR count). The van der Waals surface area contributed by atoms with Crippen molar-refractivity contribution in [2.75, 3.05) is 17.8 Å². The van der Waals surface area contributed by atoms with Gasteiger partial charge in [-0.05, 0) is 60.1 Å². The van der Waals surface area contributed by atoms with Crippen molar-refractivity contribution in [3.8, 4) is 11.1 Å². The number of nitrogens with zero attached hydrogens (tertiary/aromatic N) is 3. The highest BCUT2D eigenvalue weighted by Crippen LogP contribution is 2.43. The molecule has 1 aliphatic rings. The second kappa shape index (κ2) is 6.63. The maximum absolute atomic E-state index is 4.56. The van der Waals surface area contributed by atoms with Gasteiger partial charge in [-0.15, -0.1) is 11.8 Å². The zero-order valence-corrected chi connectivity index (χ0v) is 14.3. The molecule has 1 aliphatic heterocycles. The van der Waals surface area contributed by atoms with Crippen molar-refractivity contribution in [3.05, 3.63) is 66.6 Å². The van der Waals surface area contributed by atoms with Crippen molar-refractivity contribution < 1.29 is 0 Å². The summed E-state index contributed by atoms with van der Waals surface area (Å²) in [5.74, 6) is 1.90. The van der Waals surface area contributed by atoms with Gasteiger partial charge in [-0.2, -0.15) is 0 Å². The Balaban J connectivity index is 1.66. The molecule has 0 unspecified atom stereocenters. The highest BCUT2D eigenvalue weighted by molar-refractivity contribution is 7.99. The summed E-state index contributed by atoms with van der Waals surface area (Å²) in [4.78, 5) is 12.2. The molecule has 120 valence electrons. The molecule has 0 radical (unpaired) electrons. The van der Waals surface area contributed by atoms with E-state index in [-0.39, 0.29) is 0 Å². The fourth-order valence-corrected chi connectivity index (χ4v) is 3.97. The van der Waals surface area contributed by atoms with Gasteiger partial charge >= 0.3 is 0 Å². The molecule has 1 N–H and O–H groups in total. The number of aromatic nitrogens is 2. The molecule has 0 aliphatic carbocycles. The predicted octanol–water partition coefficient (Wildman–Crippen LogP) is 4.06. The van der Waals surface area contributed by atoms with Crippen LogP contribution >= 0.6 is 11.8 Å². The fourth-order valence-electron chi connectivity index (χ4n) is 2.89. The number of hydrogen-bond acceptors (Lipinski definition) is 5. The molecule has 1 aromatic carbocycles. The summed E-state index contributed by atoms with van der Waals surface area (Å²) < 4.78 is 0. The van der Waals surface area contributed by atoms with Crippen molar-refractivity contribution in [3.63, 3.8) is 0 Å². The zero-order chi connectivity index (χ0) is 16.4. The van der Waals surface area contributed by atoms with E-state index in [4.69, 9.17) is 0 Å². The quantitative estimate of drug-likeness (QED) is 0.779. The van der Waals surface area contributed by atoms with Crippen LogP contribution in [0.3, 0.4) is 0 Å². The summed E-state index contributed by atoms with van der Waals surface area (Å²) in [6.07, 6.45) is 5.55. The van der Waals surface area contributed by atoms with Crippen LogP contribution in [-0.4, -0.2) is 22.9 Å². The minimum absolute atomic E-state index is 0.852. The average Bonchev–Trinajstić information content (AvgIpc) is 3.06. The van der Waals surface area contributed by atoms with Crippen LogP contribution in [0, 0.1) is 0 Å². The van der Waals surface area contributed by atoms with Crippen LogP contribution in [0.1, 0.15) is 5.56 Å². The standard InChI is InChI=1S/C19H18N4S/c1-20-12-14-4-9-22-19(10-14)23-13-24-18-11-16(2-3-17(18)23)15-5-7-21-8-6-15/h2-11,20H,12-13H2,1H3. The van der Waals surface area contributed by atoms with E-state index in [9.17, 15) is 0 Å². The van der Waals surface area contributed by atoms with Gasteiger partial charge in [0.05, 0.1) is 11.6 Å². The highest BCUT2D eigenvalue weighted by Gasteiger charge is 2.22. The number of benzene rings is 1. The van der Waals surface area contributed by atoms with Gasteiger partial charge in [0.25, 0.3) is 0 Å². The Bertz CT molecular complexity index is 851. The number of rotatable bonds is 4. The molecule has 24 heavy (non-hydrogen) atoms. The molecule has 3 heterocycles. The summed E-state index contributed by atoms with van der Waals surface area (Å²) in [7, 11) is 1.96. The number of nitrogens with one attached hydrogen (secondary N) is 1. The van der Waals surface area contributed by atoms with E-state index in [2.05, 4.69) is 50.5 Å². The minimum Gasteiger partial charge on any atom is -0.316 e. The first-order valence-electron chi connectivity index (χ1n) is 7.89. The highest BCUT2D eigenvalue weighted by atomic mass is 32.2. The Hall–Kier alpha value is -2.37. The molecule has 0 saturated carbocycles. The Labute approximate surface area is 146 Å². The maximum atomic E-state index is 4.56. The first kappa shape index (κ1) is 15.2. The van der Waals surface area contributed by atoms with Crippen molar-refractivity contribution in [2.24, 2.45) is 0 Å². The third-order valence-corrected chi connectivity index (χ3v) is 5.11. The molecule has 2 aromatic heterocycles. The average molecular weight is 334 g/mol. The molecule has 0 spiro atoms. The maximum Gasteiger partial charge on any atom is 0.134 e. The lowest BCUT2D eigenvalue weighted by Crippen LogP contribution is -2.14. The van der Waals surface area contributed by atoms with Crippen molar-refractivity contribution >= 4 is 23.3 Å². The van der Waals surface area contributed by atoms with Crippen LogP contribution in [-0.2, 0) is 6.54 Å². The Morgan fingerprint density at radius 1 is 1.04 bits per heavy atom. The molecular weight excluding hydrogens is 316 g/mol. The number of hydrogen-bond donors (Lipinski definition) is 1. The smallest absolute Gasteiger partial charge is 0.134 e. The lowest BCUT2D eigenvalue weighted by molar-refractivity contribution is 0.815. The van der Waals surface area contributed by atoms with Crippen LogP contribution in [0.25, 0.3) is 11.1 Å². The molecular formula is C19H18N4S. The van der Waals surface area contributed by atoms with E-state index in [1.54, 1.807) is 0 Å². The molecule has 0 atom stereocenters. The van der Waals surface area contributed by atoms with Crippen LogP contribution in [0.15, 0.2) is 66.0 Å². The summed E-state index contributed by atoms with van der Waals surface area (Å²) in [6, 6.07) is 14.9. The monoisotopic (exact) mass is 334 g/mol. The Morgan fingerprint density at radius 3 is 2.75 bits per heavy atom. The van der Waals surface area contributed by atoms with E-state index in [0.717, 1.165) is 18.2 Å². The van der Waals surface area contributed by atoms with E-state index in [1.165, 1.54) is 27.3 Å². The lowest BCUT2D eigenvalue weighted by Gasteiger charge is -2.18. The second-order valence-electron chi connectivity index (χ2n) is 5.67. The van der Waals surface area contributed by atoms with E-state index >= 15 is 0 Å². The van der Waals surface area contributed by atoms with Crippen LogP contribution < -0.4 is 10.2 Å². The van der Waals surface area contributed by atoms with Crippen molar-refractivity contribution in [2.45, 2.75) is 11.4 Å². The molecule has 0 bridgehead atoms. The van der Waals surface area contributed by atoms with Crippen LogP contribution in [0.2, 0.25) is 0 Å². The van der Waals surface area contributed by atoms with Gasteiger partial charge in [-0.1, -0.05) is 6.07 Å². The number of pyridine rings is 2. The molecule has 5 heteroatoms. The fraction of sp³-hybridized carbons (Fsp3) is 0.158. The first-order chi connectivity index (χ1) is 11.8. The van der Waals surface area contributed by atoms with Gasteiger partial charge < -0.3 is 10.2 Å². The third kappa shape index (κ3) is 2.88. The summed E-state index contributed by atoms with van der Waals surface area (Å²) in [5.41, 5.74) is 4.89. The van der Waals surface area contributed by atoms with Gasteiger partial charge in [0.15, 0.2) is 0 Å². The number of thioether (sulfide) groups is 1. The molecule has 3 aromatic rings. The largest absolute Gasteiger partial charge is 0.316 e. The van der Waals surface area contributed by atoms with Crippen molar-refractivity contribution in [1.82, 2.24) is 15.3 Å². The normalized spacial score (nSPS) is 13.1. The molecule has 0 amide bonds. The molecule has 0 saturated heterocycles. The predicted molar refractivity (Wildman–Crippen MR) is 99.5 cm³/mol. The molecule has 4 nitrogen and oxygen atoms in total. The summed E-state index contributed by atoms with van der Waals surface area (Å²) in [5, 5.41) is 3.19. The summed E-state index contributed by atoms with van der Waals surface area (Å²) >= 11 is 1.85. The third-order valence-electron chi connectivity index (χ3n) is 4.08. The zero-order valence-electron chi connectivity index (χ0n) is 13.4. The van der Waals surface area contributed by atoms with Gasteiger partial charge in [0, 0.05) is 30.0 Å². The number of fused-ring (bicyclic) bond motifs is 1. The van der Waals surface area contributed by atoms with E-state index in [1.807, 2.05) is 49.5 Å². The van der Waals surface area contributed by atoms with Crippen LogP contribution in [0.5, 0.6) is 0 Å². The topological polar surface area (TPSA) is 41.1 Å². The first-order valence-corrected chi connectivity index (χ1v) is 8.88. The van der Waals surface area contributed by atoms with E-state index < -0.39 is 0 Å². The summed E-state index contributed by atoms with van der Waals surface area (Å²) in [6.45, 7) is 0.852. The van der Waals surface area contributed by atoms with Crippen molar-refractivity contribution in [1.29, 1.82) is 0 Å². The minimum atomic E-state index is 0.852. The van der Waals surface area contributed by atoms with Crippen LogP contribution in [0.4, 0.5) is 11.5 Å². The van der Waals surface area contributed by atoms with Gasteiger partial charge in [0.1, 0.15) is 5.82 Å². The Morgan fingerprint density at radius 2 is 1.92 bits per heavy atom. The number of anilines is 2. The van der Waals surface area contributed by atoms with Gasteiger partial charge in [0.2, 0.25) is 0 Å².